The van der Waals surface area contributed by atoms with Gasteiger partial charge in [-0.15, -0.1) is 0 Å². The van der Waals surface area contributed by atoms with Crippen molar-refractivity contribution in [3.63, 3.8) is 0 Å². The van der Waals surface area contributed by atoms with Crippen molar-refractivity contribution < 1.29 is 9.59 Å². The maximum Gasteiger partial charge on any atom is 0.237 e. The first-order chi connectivity index (χ1) is 9.63. The van der Waals surface area contributed by atoms with Crippen LogP contribution in [-0.4, -0.2) is 11.8 Å². The highest BCUT2D eigenvalue weighted by molar-refractivity contribution is 6.22. The lowest BCUT2D eigenvalue weighted by Crippen LogP contribution is -2.31. The lowest BCUT2D eigenvalue weighted by molar-refractivity contribution is -0.122. The van der Waals surface area contributed by atoms with Gasteiger partial charge in [0.25, 0.3) is 0 Å². The van der Waals surface area contributed by atoms with Crippen molar-refractivity contribution >= 4 is 17.5 Å². The van der Waals surface area contributed by atoms with E-state index in [-0.39, 0.29) is 23.7 Å². The Labute approximate surface area is 118 Å². The van der Waals surface area contributed by atoms with E-state index < -0.39 is 0 Å². The first-order valence-electron chi connectivity index (χ1n) is 7.02. The summed E-state index contributed by atoms with van der Waals surface area (Å²) in [6.07, 6.45) is 3.65. The van der Waals surface area contributed by atoms with Crippen LogP contribution in [0.3, 0.4) is 0 Å². The van der Waals surface area contributed by atoms with Crippen molar-refractivity contribution in [1.82, 2.24) is 0 Å². The number of carbonyl (C=O) groups excluding carboxylic acids is 2. The third kappa shape index (κ3) is 1.82. The number of amides is 2. The molecule has 0 spiro atoms. The average Bonchev–Trinajstić information content (AvgIpc) is 2.72. The van der Waals surface area contributed by atoms with E-state index in [1.807, 2.05) is 6.92 Å². The Bertz CT molecular complexity index is 606. The van der Waals surface area contributed by atoms with Crippen molar-refractivity contribution in [3.05, 3.63) is 29.3 Å². The Hall–Kier alpha value is -2.15. The summed E-state index contributed by atoms with van der Waals surface area (Å²) in [6.45, 7) is 1.86. The quantitative estimate of drug-likeness (QED) is 0.735. The fourth-order valence-corrected chi connectivity index (χ4v) is 3.32. The number of aryl methyl sites for hydroxylation is 1. The number of imide groups is 1. The van der Waals surface area contributed by atoms with Crippen LogP contribution < -0.4 is 4.90 Å². The predicted molar refractivity (Wildman–Crippen MR) is 73.8 cm³/mol. The number of anilines is 1. The highest BCUT2D eigenvalue weighted by Crippen LogP contribution is 2.40. The van der Waals surface area contributed by atoms with E-state index in [1.165, 1.54) is 4.90 Å². The molecule has 0 N–H and O–H groups in total. The molecule has 4 nitrogen and oxygen atoms in total. The van der Waals surface area contributed by atoms with Crippen LogP contribution in [0.15, 0.2) is 18.2 Å². The van der Waals surface area contributed by atoms with Gasteiger partial charge in [-0.3, -0.25) is 9.59 Å². The average molecular weight is 268 g/mol. The maximum absolute atomic E-state index is 12.5. The number of hydrogen-bond acceptors (Lipinski definition) is 3. The third-order valence-electron chi connectivity index (χ3n) is 4.42. The standard InChI is InChI=1S/C16H16N2O2/c1-10-6-7-11(9-17)8-14(10)18-15(19)12-4-2-3-5-13(12)16(18)20/h6-8,12-13H,2-5H2,1H3. The van der Waals surface area contributed by atoms with Crippen molar-refractivity contribution in [3.8, 4) is 6.07 Å². The molecule has 4 heteroatoms. The normalized spacial score (nSPS) is 25.5. The van der Waals surface area contributed by atoms with Gasteiger partial charge in [-0.2, -0.15) is 5.26 Å². The molecule has 1 saturated heterocycles. The summed E-state index contributed by atoms with van der Waals surface area (Å²) in [6, 6.07) is 7.20. The molecule has 2 fully saturated rings. The van der Waals surface area contributed by atoms with Gasteiger partial charge in [0, 0.05) is 0 Å². The molecule has 1 aromatic rings. The Morgan fingerprint density at radius 1 is 1.15 bits per heavy atom. The second-order valence-corrected chi connectivity index (χ2v) is 5.62. The van der Waals surface area contributed by atoms with Crippen molar-refractivity contribution in [2.45, 2.75) is 32.6 Å². The SMILES string of the molecule is Cc1ccc(C#N)cc1N1C(=O)C2CCCCC2C1=O. The van der Waals surface area contributed by atoms with Crippen molar-refractivity contribution in [1.29, 1.82) is 5.26 Å². The molecule has 1 saturated carbocycles. The minimum atomic E-state index is -0.151. The minimum absolute atomic E-state index is 0.0853. The fraction of sp³-hybridized carbons (Fsp3) is 0.438. The molecule has 2 aliphatic rings. The van der Waals surface area contributed by atoms with Gasteiger partial charge in [-0.1, -0.05) is 18.9 Å². The largest absolute Gasteiger partial charge is 0.274 e. The van der Waals surface area contributed by atoms with Crippen LogP contribution >= 0.6 is 0 Å². The lowest BCUT2D eigenvalue weighted by atomic mass is 9.81. The zero-order valence-electron chi connectivity index (χ0n) is 11.4. The summed E-state index contributed by atoms with van der Waals surface area (Å²) in [5.74, 6) is -0.474. The summed E-state index contributed by atoms with van der Waals surface area (Å²) in [4.78, 5) is 26.4. The molecule has 1 aliphatic carbocycles. The van der Waals surface area contributed by atoms with Crippen LogP contribution in [0.4, 0.5) is 5.69 Å². The summed E-state index contributed by atoms with van der Waals surface area (Å²) in [5.41, 5.74) is 1.90. The minimum Gasteiger partial charge on any atom is -0.274 e. The van der Waals surface area contributed by atoms with Crippen molar-refractivity contribution in [2.24, 2.45) is 11.8 Å². The van der Waals surface area contributed by atoms with E-state index in [0.717, 1.165) is 31.2 Å². The molecule has 102 valence electrons. The predicted octanol–water partition coefficient (Wildman–Crippen LogP) is 2.55. The molecule has 0 aromatic heterocycles. The van der Waals surface area contributed by atoms with Crippen molar-refractivity contribution in [2.75, 3.05) is 4.90 Å². The molecule has 2 atom stereocenters. The number of benzene rings is 1. The van der Waals surface area contributed by atoms with Gasteiger partial charge in [-0.05, 0) is 37.5 Å². The maximum atomic E-state index is 12.5. The van der Waals surface area contributed by atoms with Gasteiger partial charge in [0.05, 0.1) is 29.2 Å². The Balaban J connectivity index is 2.04. The summed E-state index contributed by atoms with van der Waals surface area (Å²) in [5, 5.41) is 9.00. The zero-order valence-corrected chi connectivity index (χ0v) is 11.4. The number of nitriles is 1. The molecule has 1 aliphatic heterocycles. The van der Waals surface area contributed by atoms with Gasteiger partial charge in [0.15, 0.2) is 0 Å². The van der Waals surface area contributed by atoms with E-state index in [1.54, 1.807) is 18.2 Å². The van der Waals surface area contributed by atoms with E-state index in [0.29, 0.717) is 11.3 Å². The summed E-state index contributed by atoms with van der Waals surface area (Å²) in [7, 11) is 0. The molecular weight excluding hydrogens is 252 g/mol. The first kappa shape index (κ1) is 12.9. The summed E-state index contributed by atoms with van der Waals surface area (Å²) < 4.78 is 0. The van der Waals surface area contributed by atoms with Gasteiger partial charge in [0.1, 0.15) is 0 Å². The van der Waals surface area contributed by atoms with Crippen LogP contribution in [0.2, 0.25) is 0 Å². The Kier molecular flexibility index (Phi) is 3.06. The molecule has 1 aromatic carbocycles. The highest BCUT2D eigenvalue weighted by atomic mass is 16.2. The zero-order chi connectivity index (χ0) is 14.3. The molecule has 0 radical (unpaired) electrons. The van der Waals surface area contributed by atoms with E-state index in [9.17, 15) is 9.59 Å². The Morgan fingerprint density at radius 2 is 1.75 bits per heavy atom. The molecule has 0 bridgehead atoms. The number of nitrogens with zero attached hydrogens (tertiary/aromatic N) is 2. The number of fused-ring (bicyclic) bond motifs is 1. The van der Waals surface area contributed by atoms with Gasteiger partial charge in [0.2, 0.25) is 11.8 Å². The lowest BCUT2D eigenvalue weighted by Gasteiger charge is -2.19. The van der Waals surface area contributed by atoms with E-state index in [2.05, 4.69) is 6.07 Å². The van der Waals surface area contributed by atoms with Gasteiger partial charge in [-0.25, -0.2) is 4.90 Å². The van der Waals surface area contributed by atoms with E-state index >= 15 is 0 Å². The van der Waals surface area contributed by atoms with Gasteiger partial charge >= 0.3 is 0 Å². The number of rotatable bonds is 1. The number of carbonyl (C=O) groups is 2. The Morgan fingerprint density at radius 3 is 2.30 bits per heavy atom. The first-order valence-corrected chi connectivity index (χ1v) is 7.02. The van der Waals surface area contributed by atoms with Crippen LogP contribution in [0.25, 0.3) is 0 Å². The fourth-order valence-electron chi connectivity index (χ4n) is 3.32. The molecule has 20 heavy (non-hydrogen) atoms. The topological polar surface area (TPSA) is 61.2 Å². The molecule has 1 heterocycles. The second-order valence-electron chi connectivity index (χ2n) is 5.62. The smallest absolute Gasteiger partial charge is 0.237 e. The van der Waals surface area contributed by atoms with E-state index in [4.69, 9.17) is 5.26 Å². The molecule has 2 amide bonds. The summed E-state index contributed by atoms with van der Waals surface area (Å²) >= 11 is 0. The van der Waals surface area contributed by atoms with Crippen LogP contribution in [0.5, 0.6) is 0 Å². The molecular formula is C16H16N2O2. The van der Waals surface area contributed by atoms with Gasteiger partial charge < -0.3 is 0 Å². The van der Waals surface area contributed by atoms with Crippen LogP contribution in [0, 0.1) is 30.1 Å². The monoisotopic (exact) mass is 268 g/mol. The van der Waals surface area contributed by atoms with Crippen LogP contribution in [0.1, 0.15) is 36.8 Å². The van der Waals surface area contributed by atoms with Crippen LogP contribution in [-0.2, 0) is 9.59 Å². The third-order valence-corrected chi connectivity index (χ3v) is 4.42. The second kappa shape index (κ2) is 4.75. The molecule has 3 rings (SSSR count). The highest BCUT2D eigenvalue weighted by Gasteiger charge is 2.49. The molecule has 2 unspecified atom stereocenters. The number of hydrogen-bond donors (Lipinski definition) is 0.